The van der Waals surface area contributed by atoms with Crippen LogP contribution in [-0.2, 0) is 6.61 Å². The highest BCUT2D eigenvalue weighted by molar-refractivity contribution is 9.10. The number of hydrogen-bond acceptors (Lipinski definition) is 2. The first-order valence-corrected chi connectivity index (χ1v) is 7.62. The van der Waals surface area contributed by atoms with Crippen molar-refractivity contribution in [3.63, 3.8) is 0 Å². The van der Waals surface area contributed by atoms with Crippen molar-refractivity contribution in [2.75, 3.05) is 13.6 Å². The third-order valence-corrected chi connectivity index (χ3v) is 3.69. The quantitative estimate of drug-likeness (QED) is 0.814. The van der Waals surface area contributed by atoms with Gasteiger partial charge in [-0.2, -0.15) is 0 Å². The maximum Gasteiger partial charge on any atom is 0.253 e. The second-order valence-corrected chi connectivity index (χ2v) is 5.68. The topological polar surface area (TPSA) is 29.5 Å². The molecule has 0 unspecified atom stereocenters. The van der Waals surface area contributed by atoms with E-state index in [2.05, 4.69) is 15.9 Å². The molecule has 2 aromatic rings. The van der Waals surface area contributed by atoms with Crippen molar-refractivity contribution >= 4 is 21.8 Å². The molecule has 0 aliphatic carbocycles. The lowest BCUT2D eigenvalue weighted by atomic mass is 10.2. The maximum atomic E-state index is 12.1. The van der Waals surface area contributed by atoms with E-state index in [1.54, 1.807) is 24.1 Å². The summed E-state index contributed by atoms with van der Waals surface area (Å²) in [6.45, 7) is 3.11. The van der Waals surface area contributed by atoms with E-state index in [0.717, 1.165) is 10.0 Å². The molecule has 110 valence electrons. The SMILES string of the molecule is CCN(C)C(=O)c1cccc(OCc2cccc(Br)c2)c1. The molecule has 0 saturated carbocycles. The van der Waals surface area contributed by atoms with E-state index in [1.165, 1.54) is 0 Å². The normalized spacial score (nSPS) is 10.2. The number of benzene rings is 2. The Kier molecular flexibility index (Phi) is 5.39. The first-order valence-electron chi connectivity index (χ1n) is 6.83. The predicted octanol–water partition coefficient (Wildman–Crippen LogP) is 4.12. The Bertz CT molecular complexity index is 628. The minimum Gasteiger partial charge on any atom is -0.489 e. The van der Waals surface area contributed by atoms with E-state index in [9.17, 15) is 4.79 Å². The summed E-state index contributed by atoms with van der Waals surface area (Å²) in [5.74, 6) is 0.704. The molecule has 0 fully saturated rings. The van der Waals surface area contributed by atoms with Crippen LogP contribution in [0.4, 0.5) is 0 Å². The fraction of sp³-hybridized carbons (Fsp3) is 0.235. The largest absolute Gasteiger partial charge is 0.489 e. The summed E-state index contributed by atoms with van der Waals surface area (Å²) in [5.41, 5.74) is 1.72. The van der Waals surface area contributed by atoms with Gasteiger partial charge in [-0.15, -0.1) is 0 Å². The van der Waals surface area contributed by atoms with Gasteiger partial charge in [-0.3, -0.25) is 4.79 Å². The smallest absolute Gasteiger partial charge is 0.253 e. The number of rotatable bonds is 5. The van der Waals surface area contributed by atoms with Gasteiger partial charge in [0.2, 0.25) is 0 Å². The van der Waals surface area contributed by atoms with Crippen LogP contribution in [-0.4, -0.2) is 24.4 Å². The second-order valence-electron chi connectivity index (χ2n) is 4.77. The van der Waals surface area contributed by atoms with Crippen molar-refractivity contribution in [3.8, 4) is 5.75 Å². The number of carbonyl (C=O) groups is 1. The van der Waals surface area contributed by atoms with E-state index in [-0.39, 0.29) is 5.91 Å². The van der Waals surface area contributed by atoms with Crippen molar-refractivity contribution in [2.45, 2.75) is 13.5 Å². The van der Waals surface area contributed by atoms with Gasteiger partial charge < -0.3 is 9.64 Å². The van der Waals surface area contributed by atoms with Gasteiger partial charge in [0.25, 0.3) is 5.91 Å². The average Bonchev–Trinajstić information content (AvgIpc) is 2.52. The van der Waals surface area contributed by atoms with Crippen LogP contribution in [0.2, 0.25) is 0 Å². The molecule has 0 spiro atoms. The molecule has 0 saturated heterocycles. The average molecular weight is 348 g/mol. The Morgan fingerprint density at radius 2 is 1.95 bits per heavy atom. The predicted molar refractivity (Wildman–Crippen MR) is 87.6 cm³/mol. The Balaban J connectivity index is 2.06. The molecule has 0 heterocycles. The van der Waals surface area contributed by atoms with Crippen molar-refractivity contribution in [2.24, 2.45) is 0 Å². The highest BCUT2D eigenvalue weighted by atomic mass is 79.9. The van der Waals surface area contributed by atoms with Crippen LogP contribution in [0.15, 0.2) is 53.0 Å². The second kappa shape index (κ2) is 7.27. The van der Waals surface area contributed by atoms with Crippen LogP contribution < -0.4 is 4.74 Å². The molecule has 0 aromatic heterocycles. The molecular formula is C17H18BrNO2. The molecule has 0 aliphatic rings. The lowest BCUT2D eigenvalue weighted by Crippen LogP contribution is -2.26. The molecule has 0 atom stereocenters. The standard InChI is InChI=1S/C17H18BrNO2/c1-3-19(2)17(20)14-7-5-9-16(11-14)21-12-13-6-4-8-15(18)10-13/h4-11H,3,12H2,1-2H3. The fourth-order valence-electron chi connectivity index (χ4n) is 1.88. The van der Waals surface area contributed by atoms with Crippen molar-refractivity contribution in [1.29, 1.82) is 0 Å². The van der Waals surface area contributed by atoms with E-state index in [0.29, 0.717) is 24.5 Å². The summed E-state index contributed by atoms with van der Waals surface area (Å²) < 4.78 is 6.78. The number of carbonyl (C=O) groups excluding carboxylic acids is 1. The zero-order valence-corrected chi connectivity index (χ0v) is 13.8. The molecule has 21 heavy (non-hydrogen) atoms. The van der Waals surface area contributed by atoms with E-state index in [1.807, 2.05) is 43.3 Å². The van der Waals surface area contributed by atoms with Crippen LogP contribution in [0.5, 0.6) is 5.75 Å². The minimum absolute atomic E-state index is 0.00501. The van der Waals surface area contributed by atoms with Crippen LogP contribution in [0.3, 0.4) is 0 Å². The van der Waals surface area contributed by atoms with Gasteiger partial charge in [0.05, 0.1) is 0 Å². The Hall–Kier alpha value is -1.81. The van der Waals surface area contributed by atoms with Crippen molar-refractivity contribution in [3.05, 3.63) is 64.1 Å². The molecule has 3 nitrogen and oxygen atoms in total. The van der Waals surface area contributed by atoms with Gasteiger partial charge in [-0.25, -0.2) is 0 Å². The fourth-order valence-corrected chi connectivity index (χ4v) is 2.32. The lowest BCUT2D eigenvalue weighted by molar-refractivity contribution is 0.0802. The number of hydrogen-bond donors (Lipinski definition) is 0. The highest BCUT2D eigenvalue weighted by Crippen LogP contribution is 2.18. The Morgan fingerprint density at radius 3 is 2.67 bits per heavy atom. The molecule has 1 amide bonds. The summed E-state index contributed by atoms with van der Waals surface area (Å²) in [4.78, 5) is 13.8. The van der Waals surface area contributed by atoms with E-state index in [4.69, 9.17) is 4.74 Å². The van der Waals surface area contributed by atoms with Gasteiger partial charge in [-0.05, 0) is 42.8 Å². The lowest BCUT2D eigenvalue weighted by Gasteiger charge is -2.15. The van der Waals surface area contributed by atoms with Gasteiger partial charge in [0.1, 0.15) is 12.4 Å². The monoisotopic (exact) mass is 347 g/mol. The van der Waals surface area contributed by atoms with Gasteiger partial charge >= 0.3 is 0 Å². The molecule has 4 heteroatoms. The summed E-state index contributed by atoms with van der Waals surface area (Å²) in [7, 11) is 1.79. The molecule has 0 radical (unpaired) electrons. The summed E-state index contributed by atoms with van der Waals surface area (Å²) in [6, 6.07) is 15.3. The number of ether oxygens (including phenoxy) is 1. The molecule has 2 rings (SSSR count). The number of nitrogens with zero attached hydrogens (tertiary/aromatic N) is 1. The minimum atomic E-state index is 0.00501. The molecule has 0 aliphatic heterocycles. The van der Waals surface area contributed by atoms with Crippen LogP contribution in [0, 0.1) is 0 Å². The number of halogens is 1. The summed E-state index contributed by atoms with van der Waals surface area (Å²) in [5, 5.41) is 0. The van der Waals surface area contributed by atoms with E-state index >= 15 is 0 Å². The highest BCUT2D eigenvalue weighted by Gasteiger charge is 2.10. The molecular weight excluding hydrogens is 330 g/mol. The van der Waals surface area contributed by atoms with Gasteiger partial charge in [0, 0.05) is 23.6 Å². The van der Waals surface area contributed by atoms with Crippen molar-refractivity contribution < 1.29 is 9.53 Å². The van der Waals surface area contributed by atoms with Gasteiger partial charge in [-0.1, -0.05) is 34.1 Å². The molecule has 0 bridgehead atoms. The summed E-state index contributed by atoms with van der Waals surface area (Å²) >= 11 is 3.44. The Morgan fingerprint density at radius 1 is 1.19 bits per heavy atom. The zero-order valence-electron chi connectivity index (χ0n) is 12.2. The van der Waals surface area contributed by atoms with Crippen molar-refractivity contribution in [1.82, 2.24) is 4.90 Å². The first-order chi connectivity index (χ1) is 10.1. The third kappa shape index (κ3) is 4.33. The number of amides is 1. The molecule has 2 aromatic carbocycles. The van der Waals surface area contributed by atoms with Crippen LogP contribution >= 0.6 is 15.9 Å². The maximum absolute atomic E-state index is 12.1. The van der Waals surface area contributed by atoms with Crippen LogP contribution in [0.25, 0.3) is 0 Å². The Labute approximate surface area is 133 Å². The van der Waals surface area contributed by atoms with Crippen LogP contribution in [0.1, 0.15) is 22.8 Å². The van der Waals surface area contributed by atoms with E-state index < -0.39 is 0 Å². The third-order valence-electron chi connectivity index (χ3n) is 3.20. The molecule has 0 N–H and O–H groups in total. The zero-order chi connectivity index (χ0) is 15.2. The summed E-state index contributed by atoms with van der Waals surface area (Å²) in [6.07, 6.45) is 0. The van der Waals surface area contributed by atoms with Gasteiger partial charge in [0.15, 0.2) is 0 Å². The first kappa shape index (κ1) is 15.6.